The summed E-state index contributed by atoms with van der Waals surface area (Å²) in [6, 6.07) is 1.51. The molecule has 142 valence electrons. The Balaban J connectivity index is 1.85. The molecule has 1 unspecified atom stereocenters. The molecule has 11 heteroatoms. The fourth-order valence-electron chi connectivity index (χ4n) is 2.35. The zero-order chi connectivity index (χ0) is 19.4. The van der Waals surface area contributed by atoms with Crippen LogP contribution in [0, 0.1) is 11.6 Å². The minimum atomic E-state index is -0.807. The molecule has 0 bridgehead atoms. The van der Waals surface area contributed by atoms with E-state index in [4.69, 9.17) is 16.3 Å². The topological polar surface area (TPSA) is 89.8 Å². The molecule has 3 heterocycles. The lowest BCUT2D eigenvalue weighted by atomic mass is 10.2. The zero-order valence-electron chi connectivity index (χ0n) is 14.4. The van der Waals surface area contributed by atoms with Crippen LogP contribution in [0.25, 0.3) is 0 Å². The Labute approximate surface area is 158 Å². The van der Waals surface area contributed by atoms with Gasteiger partial charge in [0.05, 0.1) is 25.2 Å². The molecule has 0 aromatic carbocycles. The quantitative estimate of drug-likeness (QED) is 0.594. The highest BCUT2D eigenvalue weighted by Gasteiger charge is 2.20. The van der Waals surface area contributed by atoms with Gasteiger partial charge in [-0.05, 0) is 0 Å². The fraction of sp³-hybridized carbons (Fsp3) is 0.250. The highest BCUT2D eigenvalue weighted by atomic mass is 35.5. The number of hydrogen-bond acceptors (Lipinski definition) is 7. The van der Waals surface area contributed by atoms with Crippen LogP contribution in [0.3, 0.4) is 0 Å². The minimum absolute atomic E-state index is 0.0268. The van der Waals surface area contributed by atoms with Gasteiger partial charge in [0.25, 0.3) is 0 Å². The van der Waals surface area contributed by atoms with Gasteiger partial charge in [-0.2, -0.15) is 4.98 Å². The third-order valence-corrected chi connectivity index (χ3v) is 3.65. The van der Waals surface area contributed by atoms with Crippen molar-refractivity contribution in [1.29, 1.82) is 0 Å². The van der Waals surface area contributed by atoms with Crippen LogP contribution in [-0.2, 0) is 11.8 Å². The van der Waals surface area contributed by atoms with Crippen LogP contribution in [0.2, 0.25) is 5.15 Å². The normalized spacial score (nSPS) is 12.0. The molecule has 8 nitrogen and oxygen atoms in total. The number of aromatic nitrogens is 5. The van der Waals surface area contributed by atoms with E-state index in [1.807, 2.05) is 7.05 Å². The van der Waals surface area contributed by atoms with Gasteiger partial charge in [0.2, 0.25) is 5.95 Å². The highest BCUT2D eigenvalue weighted by molar-refractivity contribution is 6.29. The van der Waals surface area contributed by atoms with Crippen LogP contribution in [-0.4, -0.2) is 38.2 Å². The van der Waals surface area contributed by atoms with E-state index in [9.17, 15) is 8.78 Å². The Kier molecular flexibility index (Phi) is 5.77. The van der Waals surface area contributed by atoms with Gasteiger partial charge in [-0.3, -0.25) is 4.98 Å². The molecule has 2 N–H and O–H groups in total. The molecule has 0 saturated carbocycles. The maximum absolute atomic E-state index is 14.1. The van der Waals surface area contributed by atoms with Crippen molar-refractivity contribution in [3.05, 3.63) is 53.3 Å². The van der Waals surface area contributed by atoms with Crippen molar-refractivity contribution in [2.45, 2.75) is 6.04 Å². The number of pyridine rings is 1. The number of aryl methyl sites for hydroxylation is 1. The van der Waals surface area contributed by atoms with Gasteiger partial charge < -0.3 is 19.9 Å². The number of anilines is 3. The molecule has 0 saturated heterocycles. The Hall–Kier alpha value is -2.85. The second-order valence-corrected chi connectivity index (χ2v) is 6.01. The molecule has 27 heavy (non-hydrogen) atoms. The molecule has 0 aliphatic carbocycles. The second kappa shape index (κ2) is 8.23. The van der Waals surface area contributed by atoms with Crippen LogP contribution in [0.4, 0.5) is 26.4 Å². The van der Waals surface area contributed by atoms with Crippen molar-refractivity contribution in [3.63, 3.8) is 0 Å². The summed E-state index contributed by atoms with van der Waals surface area (Å²) in [5.74, 6) is -0.502. The maximum atomic E-state index is 14.1. The summed E-state index contributed by atoms with van der Waals surface area (Å²) < 4.78 is 34.1. The van der Waals surface area contributed by atoms with Crippen LogP contribution >= 0.6 is 11.6 Å². The van der Waals surface area contributed by atoms with E-state index in [-0.39, 0.29) is 23.4 Å². The molecule has 0 spiro atoms. The van der Waals surface area contributed by atoms with E-state index in [1.54, 1.807) is 17.1 Å². The first-order valence-corrected chi connectivity index (χ1v) is 8.18. The van der Waals surface area contributed by atoms with Crippen LogP contribution < -0.4 is 10.6 Å². The molecule has 0 aliphatic rings. The number of imidazole rings is 1. The average Bonchev–Trinajstić information content (AvgIpc) is 2.99. The Morgan fingerprint density at radius 1 is 1.22 bits per heavy atom. The Bertz CT molecular complexity index is 937. The smallest absolute Gasteiger partial charge is 0.226 e. The molecule has 0 fully saturated rings. The molecule has 0 radical (unpaired) electrons. The lowest BCUT2D eigenvalue weighted by molar-refractivity contribution is 0.183. The van der Waals surface area contributed by atoms with E-state index in [2.05, 4.69) is 30.6 Å². The monoisotopic (exact) mass is 395 g/mol. The molecule has 3 rings (SSSR count). The molecule has 0 aliphatic heterocycles. The lowest BCUT2D eigenvalue weighted by Gasteiger charge is -2.18. The van der Waals surface area contributed by atoms with Crippen LogP contribution in [0.15, 0.2) is 30.9 Å². The first-order chi connectivity index (χ1) is 12.9. The SMILES string of the molecule is COCC(Nc1nc(Cl)cc(Nc2cn(C)cn2)n1)c1ncc(F)cc1F. The average molecular weight is 396 g/mol. The molecule has 0 amide bonds. The van der Waals surface area contributed by atoms with Gasteiger partial charge >= 0.3 is 0 Å². The highest BCUT2D eigenvalue weighted by Crippen LogP contribution is 2.23. The number of halogens is 3. The predicted octanol–water partition coefficient (Wildman–Crippen LogP) is 3.08. The second-order valence-electron chi connectivity index (χ2n) is 5.62. The minimum Gasteiger partial charge on any atom is -0.382 e. The van der Waals surface area contributed by atoms with E-state index < -0.39 is 17.7 Å². The first-order valence-electron chi connectivity index (χ1n) is 7.80. The first kappa shape index (κ1) is 18.9. The van der Waals surface area contributed by atoms with Gasteiger partial charge in [-0.15, -0.1) is 0 Å². The summed E-state index contributed by atoms with van der Waals surface area (Å²) in [5, 5.41) is 6.06. The van der Waals surface area contributed by atoms with Crippen molar-refractivity contribution < 1.29 is 13.5 Å². The van der Waals surface area contributed by atoms with Crippen molar-refractivity contribution in [2.24, 2.45) is 7.05 Å². The number of methoxy groups -OCH3 is 1. The van der Waals surface area contributed by atoms with Gasteiger partial charge in [-0.1, -0.05) is 11.6 Å². The number of ether oxygens (including phenoxy) is 1. The summed E-state index contributed by atoms with van der Waals surface area (Å²) in [4.78, 5) is 16.3. The summed E-state index contributed by atoms with van der Waals surface area (Å²) in [6.45, 7) is 0.0500. The lowest BCUT2D eigenvalue weighted by Crippen LogP contribution is -2.21. The van der Waals surface area contributed by atoms with Gasteiger partial charge in [0.1, 0.15) is 34.1 Å². The van der Waals surface area contributed by atoms with E-state index in [1.165, 1.54) is 13.2 Å². The van der Waals surface area contributed by atoms with Crippen molar-refractivity contribution in [2.75, 3.05) is 24.4 Å². The van der Waals surface area contributed by atoms with Gasteiger partial charge in [0, 0.05) is 32.5 Å². The number of nitrogens with zero attached hydrogens (tertiary/aromatic N) is 5. The van der Waals surface area contributed by atoms with Crippen molar-refractivity contribution in [3.8, 4) is 0 Å². The van der Waals surface area contributed by atoms with E-state index in [0.29, 0.717) is 11.6 Å². The third kappa shape index (κ3) is 4.86. The Morgan fingerprint density at radius 3 is 2.70 bits per heavy atom. The van der Waals surface area contributed by atoms with Crippen LogP contribution in [0.1, 0.15) is 11.7 Å². The molecule has 1 atom stereocenters. The van der Waals surface area contributed by atoms with E-state index >= 15 is 0 Å². The molecular formula is C16H16ClF2N7O. The summed E-state index contributed by atoms with van der Waals surface area (Å²) in [7, 11) is 3.28. The van der Waals surface area contributed by atoms with Crippen molar-refractivity contribution in [1.82, 2.24) is 24.5 Å². The van der Waals surface area contributed by atoms with Crippen molar-refractivity contribution >= 4 is 29.2 Å². The number of rotatable bonds is 7. The number of nitrogens with one attached hydrogen (secondary N) is 2. The Morgan fingerprint density at radius 2 is 2.04 bits per heavy atom. The standard InChI is InChI=1S/C16H16ClF2N7O/c1-26-6-14(21-8-26)24-13-4-12(17)23-16(25-13)22-11(7-27-2)15-10(19)3-9(18)5-20-15/h3-6,8,11H,7H2,1-2H3,(H2,22,23,24,25). The summed E-state index contributed by atoms with van der Waals surface area (Å²) in [6.07, 6.45) is 4.31. The predicted molar refractivity (Wildman–Crippen MR) is 95.9 cm³/mol. The van der Waals surface area contributed by atoms with Gasteiger partial charge in [0.15, 0.2) is 0 Å². The molecular weight excluding hydrogens is 380 g/mol. The maximum Gasteiger partial charge on any atom is 0.226 e. The molecule has 3 aromatic heterocycles. The summed E-state index contributed by atoms with van der Waals surface area (Å²) >= 11 is 6.05. The molecule has 3 aromatic rings. The zero-order valence-corrected chi connectivity index (χ0v) is 15.2. The van der Waals surface area contributed by atoms with Crippen LogP contribution in [0.5, 0.6) is 0 Å². The largest absolute Gasteiger partial charge is 0.382 e. The fourth-order valence-corrected chi connectivity index (χ4v) is 2.53. The third-order valence-electron chi connectivity index (χ3n) is 3.46. The number of hydrogen-bond donors (Lipinski definition) is 2. The van der Waals surface area contributed by atoms with E-state index in [0.717, 1.165) is 12.3 Å². The summed E-state index contributed by atoms with van der Waals surface area (Å²) in [5.41, 5.74) is -0.0268. The van der Waals surface area contributed by atoms with Gasteiger partial charge in [-0.25, -0.2) is 18.7 Å².